The average Bonchev–Trinajstić information content (AvgIpc) is 3.38. The normalized spacial score (nSPS) is 10.8. The van der Waals surface area contributed by atoms with E-state index in [1.165, 1.54) is 28.7 Å². The van der Waals surface area contributed by atoms with Crippen LogP contribution in [-0.2, 0) is 4.74 Å². The van der Waals surface area contributed by atoms with Gasteiger partial charge in [0.25, 0.3) is 5.91 Å². The van der Waals surface area contributed by atoms with Crippen LogP contribution in [0.2, 0.25) is 0 Å². The summed E-state index contributed by atoms with van der Waals surface area (Å²) in [5, 5.41) is 7.74. The summed E-state index contributed by atoms with van der Waals surface area (Å²) in [6.07, 6.45) is 4.45. The lowest BCUT2D eigenvalue weighted by Gasteiger charge is -2.07. The molecule has 3 heterocycles. The summed E-state index contributed by atoms with van der Waals surface area (Å²) in [7, 11) is 0. The molecule has 0 aliphatic carbocycles. The predicted octanol–water partition coefficient (Wildman–Crippen LogP) is 3.31. The van der Waals surface area contributed by atoms with Gasteiger partial charge in [0.05, 0.1) is 6.61 Å². The van der Waals surface area contributed by atoms with Crippen molar-refractivity contribution in [2.75, 3.05) is 11.9 Å². The van der Waals surface area contributed by atoms with Crippen LogP contribution in [0.15, 0.2) is 55.2 Å². The summed E-state index contributed by atoms with van der Waals surface area (Å²) in [5.74, 6) is -0.117. The lowest BCUT2D eigenvalue weighted by molar-refractivity contribution is 0.0532. The lowest BCUT2D eigenvalue weighted by atomic mass is 10.2. The second-order valence-corrected chi connectivity index (χ2v) is 6.86. The molecule has 8 nitrogen and oxygen atoms in total. The van der Waals surface area contributed by atoms with Crippen molar-refractivity contribution in [1.29, 1.82) is 0 Å². The largest absolute Gasteiger partial charge is 0.462 e. The fraction of sp³-hybridized carbons (Fsp3) is 0.105. The van der Waals surface area contributed by atoms with Gasteiger partial charge < -0.3 is 10.1 Å². The summed E-state index contributed by atoms with van der Waals surface area (Å²) in [5.41, 5.74) is 1.07. The van der Waals surface area contributed by atoms with Crippen molar-refractivity contribution >= 4 is 39.0 Å². The number of esters is 1. The first-order valence-corrected chi connectivity index (χ1v) is 9.29. The maximum absolute atomic E-state index is 12.6. The SMILES string of the molecule is CCOC(=O)c1cc2cc(NC(=O)c3ccnc(-n4cncn4)c3)ccc2s1. The van der Waals surface area contributed by atoms with Crippen molar-refractivity contribution in [2.24, 2.45) is 0 Å². The predicted molar refractivity (Wildman–Crippen MR) is 105 cm³/mol. The highest BCUT2D eigenvalue weighted by Crippen LogP contribution is 2.29. The molecule has 0 aliphatic heterocycles. The quantitative estimate of drug-likeness (QED) is 0.522. The summed E-state index contributed by atoms with van der Waals surface area (Å²) in [4.78, 5) is 33.1. The molecule has 0 atom stereocenters. The zero-order valence-corrected chi connectivity index (χ0v) is 15.6. The minimum Gasteiger partial charge on any atom is -0.462 e. The van der Waals surface area contributed by atoms with Gasteiger partial charge in [-0.05, 0) is 48.7 Å². The van der Waals surface area contributed by atoms with Gasteiger partial charge in [0.2, 0.25) is 0 Å². The average molecular weight is 393 g/mol. The molecule has 0 unspecified atom stereocenters. The Balaban J connectivity index is 1.55. The number of amides is 1. The van der Waals surface area contributed by atoms with E-state index >= 15 is 0 Å². The number of carbonyl (C=O) groups is 2. The van der Waals surface area contributed by atoms with E-state index in [1.807, 2.05) is 12.1 Å². The first kappa shape index (κ1) is 17.8. The van der Waals surface area contributed by atoms with Crippen LogP contribution >= 0.6 is 11.3 Å². The molecule has 1 amide bonds. The molecule has 0 fully saturated rings. The molecule has 9 heteroatoms. The van der Waals surface area contributed by atoms with Gasteiger partial charge >= 0.3 is 5.97 Å². The van der Waals surface area contributed by atoms with Crippen LogP contribution in [-0.4, -0.2) is 38.2 Å². The van der Waals surface area contributed by atoms with E-state index in [4.69, 9.17) is 4.74 Å². The molecule has 0 aliphatic rings. The maximum atomic E-state index is 12.6. The molecule has 0 spiro atoms. The van der Waals surface area contributed by atoms with Crippen molar-refractivity contribution in [2.45, 2.75) is 6.92 Å². The Morgan fingerprint density at radius 2 is 2.11 bits per heavy atom. The summed E-state index contributed by atoms with van der Waals surface area (Å²) in [6, 6.07) is 10.5. The maximum Gasteiger partial charge on any atom is 0.348 e. The van der Waals surface area contributed by atoms with Gasteiger partial charge in [0, 0.05) is 22.1 Å². The highest BCUT2D eigenvalue weighted by molar-refractivity contribution is 7.20. The molecule has 3 aromatic heterocycles. The number of anilines is 1. The van der Waals surface area contributed by atoms with Gasteiger partial charge in [-0.1, -0.05) is 0 Å². The van der Waals surface area contributed by atoms with Crippen LogP contribution in [0.5, 0.6) is 0 Å². The number of carbonyl (C=O) groups excluding carboxylic acids is 2. The first-order chi connectivity index (χ1) is 13.6. The number of hydrogen-bond donors (Lipinski definition) is 1. The Morgan fingerprint density at radius 1 is 1.21 bits per heavy atom. The van der Waals surface area contributed by atoms with Crippen molar-refractivity contribution < 1.29 is 14.3 Å². The number of ether oxygens (including phenoxy) is 1. The zero-order valence-electron chi connectivity index (χ0n) is 14.8. The Hall–Kier alpha value is -3.59. The van der Waals surface area contributed by atoms with Crippen molar-refractivity contribution in [3.63, 3.8) is 0 Å². The van der Waals surface area contributed by atoms with Crippen LogP contribution in [0.3, 0.4) is 0 Å². The highest BCUT2D eigenvalue weighted by atomic mass is 32.1. The number of aromatic nitrogens is 4. The second kappa shape index (κ2) is 7.57. The van der Waals surface area contributed by atoms with Gasteiger partial charge in [-0.2, -0.15) is 5.10 Å². The van der Waals surface area contributed by atoms with E-state index in [9.17, 15) is 9.59 Å². The smallest absolute Gasteiger partial charge is 0.348 e. The van der Waals surface area contributed by atoms with Crippen LogP contribution in [0, 0.1) is 0 Å². The number of benzene rings is 1. The third-order valence-electron chi connectivity index (χ3n) is 3.91. The summed E-state index contributed by atoms with van der Waals surface area (Å²) in [6.45, 7) is 2.10. The Morgan fingerprint density at radius 3 is 2.89 bits per heavy atom. The Labute approximate surface area is 163 Å². The third kappa shape index (κ3) is 3.60. The molecule has 0 bridgehead atoms. The molecule has 140 valence electrons. The van der Waals surface area contributed by atoms with Gasteiger partial charge in [-0.15, -0.1) is 11.3 Å². The number of nitrogens with zero attached hydrogens (tertiary/aromatic N) is 4. The van der Waals surface area contributed by atoms with E-state index in [-0.39, 0.29) is 11.9 Å². The van der Waals surface area contributed by atoms with Crippen LogP contribution in [0.4, 0.5) is 5.69 Å². The second-order valence-electron chi connectivity index (χ2n) is 5.78. The molecule has 0 saturated carbocycles. The fourth-order valence-corrected chi connectivity index (χ4v) is 3.58. The summed E-state index contributed by atoms with van der Waals surface area (Å²) < 4.78 is 7.46. The topological polar surface area (TPSA) is 99.0 Å². The van der Waals surface area contributed by atoms with Crippen LogP contribution in [0.25, 0.3) is 15.9 Å². The molecular weight excluding hydrogens is 378 g/mol. The zero-order chi connectivity index (χ0) is 19.5. The number of thiophene rings is 1. The minimum absolute atomic E-state index is 0.274. The molecule has 28 heavy (non-hydrogen) atoms. The van der Waals surface area contributed by atoms with E-state index in [0.29, 0.717) is 28.6 Å². The molecular formula is C19H15N5O3S. The van der Waals surface area contributed by atoms with Gasteiger partial charge in [-0.25, -0.2) is 19.4 Å². The number of fused-ring (bicyclic) bond motifs is 1. The van der Waals surface area contributed by atoms with Crippen molar-refractivity contribution in [3.05, 3.63) is 65.7 Å². The molecule has 0 radical (unpaired) electrons. The van der Waals surface area contributed by atoms with Gasteiger partial charge in [-0.3, -0.25) is 4.79 Å². The molecule has 1 aromatic carbocycles. The van der Waals surface area contributed by atoms with E-state index < -0.39 is 0 Å². The lowest BCUT2D eigenvalue weighted by Crippen LogP contribution is -2.13. The number of hydrogen-bond acceptors (Lipinski definition) is 7. The Kier molecular flexibility index (Phi) is 4.81. The Bertz CT molecular complexity index is 1150. The van der Waals surface area contributed by atoms with Crippen molar-refractivity contribution in [3.8, 4) is 5.82 Å². The molecule has 4 rings (SSSR count). The molecule has 1 N–H and O–H groups in total. The summed E-state index contributed by atoms with van der Waals surface area (Å²) >= 11 is 1.36. The number of pyridine rings is 1. The van der Waals surface area contributed by atoms with Gasteiger partial charge in [0.15, 0.2) is 5.82 Å². The minimum atomic E-state index is -0.341. The van der Waals surface area contributed by atoms with Crippen molar-refractivity contribution in [1.82, 2.24) is 19.7 Å². The van der Waals surface area contributed by atoms with E-state index in [0.717, 1.165) is 10.1 Å². The number of rotatable bonds is 5. The monoisotopic (exact) mass is 393 g/mol. The highest BCUT2D eigenvalue weighted by Gasteiger charge is 2.13. The standard InChI is InChI=1S/C19H15N5O3S/c1-2-27-19(26)16-8-13-7-14(3-4-15(13)28-16)23-18(25)12-5-6-21-17(9-12)24-11-20-10-22-24/h3-11H,2H2,1H3,(H,23,25). The molecule has 4 aromatic rings. The number of nitrogens with one attached hydrogen (secondary N) is 1. The van der Waals surface area contributed by atoms with Crippen LogP contribution < -0.4 is 5.32 Å². The van der Waals surface area contributed by atoms with E-state index in [1.54, 1.807) is 37.4 Å². The fourth-order valence-electron chi connectivity index (χ4n) is 2.64. The van der Waals surface area contributed by atoms with E-state index in [2.05, 4.69) is 20.4 Å². The molecule has 0 saturated heterocycles. The first-order valence-electron chi connectivity index (χ1n) is 8.47. The van der Waals surface area contributed by atoms with Crippen LogP contribution in [0.1, 0.15) is 27.0 Å². The van der Waals surface area contributed by atoms with Gasteiger partial charge in [0.1, 0.15) is 17.5 Å². The third-order valence-corrected chi connectivity index (χ3v) is 5.01.